The molecule has 49 heavy (non-hydrogen) atoms. The van der Waals surface area contributed by atoms with E-state index in [1.54, 1.807) is 0 Å². The third-order valence-corrected chi connectivity index (χ3v) is 10.2. The fourth-order valence-corrected chi connectivity index (χ4v) is 7.56. The average Bonchev–Trinajstić information content (AvgIpc) is 3.39. The van der Waals surface area contributed by atoms with Crippen LogP contribution in [-0.4, -0.2) is 4.98 Å². The first-order valence-corrected chi connectivity index (χ1v) is 17.3. The molecular formula is C47H40N2. The smallest absolute Gasteiger partial charge is 0.0746 e. The molecule has 2 heteroatoms. The molecule has 6 aromatic carbocycles. The summed E-state index contributed by atoms with van der Waals surface area (Å²) in [5.41, 5.74) is 14.8. The van der Waals surface area contributed by atoms with E-state index in [1.165, 1.54) is 44.5 Å². The molecule has 0 N–H and O–H groups in total. The molecule has 238 valence electrons. The molecule has 1 aromatic heterocycles. The fraction of sp³-hybridized carbons (Fsp3) is 0.128. The Hall–Kier alpha value is -5.73. The van der Waals surface area contributed by atoms with Gasteiger partial charge in [-0.2, -0.15) is 0 Å². The number of nitrogens with zero attached hydrogens (tertiary/aromatic N) is 2. The highest BCUT2D eigenvalue weighted by Crippen LogP contribution is 2.49. The van der Waals surface area contributed by atoms with Crippen LogP contribution in [0, 0.1) is 0 Å². The van der Waals surface area contributed by atoms with E-state index in [9.17, 15) is 0 Å². The van der Waals surface area contributed by atoms with Gasteiger partial charge in [0, 0.05) is 34.2 Å². The molecule has 1 atom stereocenters. The zero-order valence-electron chi connectivity index (χ0n) is 28.1. The SMILES string of the molecule is CC1(C)c2ccc(N(c3ccccc3)c3ccc(-c4ccc(CC(Cc5ccccc5)c5ccccc5)cc4)cc3)cc2-c2ncccc21. The first-order chi connectivity index (χ1) is 24.0. The van der Waals surface area contributed by atoms with Crippen molar-refractivity contribution in [3.63, 3.8) is 0 Å². The molecule has 8 rings (SSSR count). The van der Waals surface area contributed by atoms with E-state index >= 15 is 0 Å². The van der Waals surface area contributed by atoms with Crippen LogP contribution in [-0.2, 0) is 18.3 Å². The van der Waals surface area contributed by atoms with Crippen molar-refractivity contribution in [2.75, 3.05) is 4.90 Å². The zero-order valence-corrected chi connectivity index (χ0v) is 28.1. The number of anilines is 3. The van der Waals surface area contributed by atoms with Gasteiger partial charge in [0.1, 0.15) is 0 Å². The Kier molecular flexibility index (Phi) is 8.15. The Morgan fingerprint density at radius 2 is 1.06 bits per heavy atom. The van der Waals surface area contributed by atoms with E-state index in [0.717, 1.165) is 35.6 Å². The molecule has 1 heterocycles. The molecule has 0 fully saturated rings. The van der Waals surface area contributed by atoms with Crippen molar-refractivity contribution in [2.24, 2.45) is 0 Å². The number of benzene rings is 6. The van der Waals surface area contributed by atoms with Crippen LogP contribution in [0.3, 0.4) is 0 Å². The van der Waals surface area contributed by atoms with Crippen molar-refractivity contribution in [3.05, 3.63) is 204 Å². The van der Waals surface area contributed by atoms with E-state index in [1.807, 2.05) is 12.3 Å². The normalized spacial score (nSPS) is 13.3. The number of aromatic nitrogens is 1. The van der Waals surface area contributed by atoms with Gasteiger partial charge in [0.2, 0.25) is 0 Å². The number of rotatable bonds is 9. The molecule has 7 aromatic rings. The van der Waals surface area contributed by atoms with Gasteiger partial charge >= 0.3 is 0 Å². The first kappa shape index (κ1) is 30.6. The fourth-order valence-electron chi connectivity index (χ4n) is 7.56. The molecule has 0 amide bonds. The van der Waals surface area contributed by atoms with Gasteiger partial charge in [-0.3, -0.25) is 4.98 Å². The van der Waals surface area contributed by atoms with Crippen molar-refractivity contribution in [1.29, 1.82) is 0 Å². The van der Waals surface area contributed by atoms with Gasteiger partial charge in [-0.25, -0.2) is 0 Å². The highest BCUT2D eigenvalue weighted by Gasteiger charge is 2.36. The number of hydrogen-bond donors (Lipinski definition) is 0. The van der Waals surface area contributed by atoms with Gasteiger partial charge in [-0.05, 0) is 100 Å². The van der Waals surface area contributed by atoms with Gasteiger partial charge in [0.15, 0.2) is 0 Å². The topological polar surface area (TPSA) is 16.1 Å². The lowest BCUT2D eigenvalue weighted by Gasteiger charge is -2.27. The minimum atomic E-state index is -0.0728. The van der Waals surface area contributed by atoms with Crippen LogP contribution < -0.4 is 4.90 Å². The van der Waals surface area contributed by atoms with E-state index in [0.29, 0.717) is 5.92 Å². The van der Waals surface area contributed by atoms with Crippen LogP contribution in [0.1, 0.15) is 47.6 Å². The van der Waals surface area contributed by atoms with Crippen molar-refractivity contribution >= 4 is 17.1 Å². The largest absolute Gasteiger partial charge is 0.310 e. The number of para-hydroxylation sites is 1. The van der Waals surface area contributed by atoms with Crippen molar-refractivity contribution < 1.29 is 0 Å². The highest BCUT2D eigenvalue weighted by atomic mass is 15.1. The maximum atomic E-state index is 4.82. The molecule has 0 spiro atoms. The van der Waals surface area contributed by atoms with Crippen LogP contribution in [0.4, 0.5) is 17.1 Å². The third kappa shape index (κ3) is 6.07. The van der Waals surface area contributed by atoms with Crippen LogP contribution >= 0.6 is 0 Å². The predicted molar refractivity (Wildman–Crippen MR) is 205 cm³/mol. The van der Waals surface area contributed by atoms with E-state index < -0.39 is 0 Å². The molecule has 0 bridgehead atoms. The summed E-state index contributed by atoms with van der Waals surface area (Å²) in [6.45, 7) is 4.59. The van der Waals surface area contributed by atoms with E-state index in [4.69, 9.17) is 4.98 Å². The molecule has 1 aliphatic rings. The number of pyridine rings is 1. The Morgan fingerprint density at radius 1 is 0.510 bits per heavy atom. The summed E-state index contributed by atoms with van der Waals surface area (Å²) in [6, 6.07) is 61.7. The van der Waals surface area contributed by atoms with Crippen molar-refractivity contribution in [2.45, 2.75) is 38.0 Å². The van der Waals surface area contributed by atoms with Crippen LogP contribution in [0.15, 0.2) is 176 Å². The number of fused-ring (bicyclic) bond motifs is 3. The molecule has 0 saturated carbocycles. The van der Waals surface area contributed by atoms with Crippen LogP contribution in [0.25, 0.3) is 22.4 Å². The lowest BCUT2D eigenvalue weighted by Crippen LogP contribution is -2.15. The lowest BCUT2D eigenvalue weighted by atomic mass is 9.83. The van der Waals surface area contributed by atoms with Crippen LogP contribution in [0.5, 0.6) is 0 Å². The zero-order chi connectivity index (χ0) is 33.2. The van der Waals surface area contributed by atoms with Gasteiger partial charge in [0.25, 0.3) is 0 Å². The Labute approximate surface area is 290 Å². The maximum absolute atomic E-state index is 4.82. The molecule has 0 radical (unpaired) electrons. The van der Waals surface area contributed by atoms with Crippen LogP contribution in [0.2, 0.25) is 0 Å². The molecular weight excluding hydrogens is 593 g/mol. The quantitative estimate of drug-likeness (QED) is 0.157. The third-order valence-electron chi connectivity index (χ3n) is 10.2. The summed E-state index contributed by atoms with van der Waals surface area (Å²) >= 11 is 0. The van der Waals surface area contributed by atoms with Gasteiger partial charge in [-0.15, -0.1) is 0 Å². The average molecular weight is 633 g/mol. The summed E-state index contributed by atoms with van der Waals surface area (Å²) in [5, 5.41) is 0. The molecule has 0 aliphatic heterocycles. The Bertz CT molecular complexity index is 2170. The maximum Gasteiger partial charge on any atom is 0.0746 e. The van der Waals surface area contributed by atoms with Crippen molar-refractivity contribution in [1.82, 2.24) is 4.98 Å². The summed E-state index contributed by atoms with van der Waals surface area (Å²) in [6.07, 6.45) is 3.93. The van der Waals surface area contributed by atoms with Gasteiger partial charge < -0.3 is 4.90 Å². The Balaban J connectivity index is 1.07. The summed E-state index contributed by atoms with van der Waals surface area (Å²) < 4.78 is 0. The minimum Gasteiger partial charge on any atom is -0.310 e. The number of hydrogen-bond acceptors (Lipinski definition) is 2. The summed E-state index contributed by atoms with van der Waals surface area (Å²) in [7, 11) is 0. The van der Waals surface area contributed by atoms with Crippen molar-refractivity contribution in [3.8, 4) is 22.4 Å². The molecule has 0 saturated heterocycles. The molecule has 2 nitrogen and oxygen atoms in total. The predicted octanol–water partition coefficient (Wildman–Crippen LogP) is 12.1. The second-order valence-corrected chi connectivity index (χ2v) is 13.7. The minimum absolute atomic E-state index is 0.0728. The highest BCUT2D eigenvalue weighted by molar-refractivity contribution is 5.85. The monoisotopic (exact) mass is 632 g/mol. The first-order valence-electron chi connectivity index (χ1n) is 17.3. The Morgan fingerprint density at radius 3 is 1.73 bits per heavy atom. The summed E-state index contributed by atoms with van der Waals surface area (Å²) in [5.74, 6) is 0.423. The van der Waals surface area contributed by atoms with Gasteiger partial charge in [0.05, 0.1) is 5.69 Å². The van der Waals surface area contributed by atoms with E-state index in [-0.39, 0.29) is 5.41 Å². The molecule has 1 unspecified atom stereocenters. The standard InChI is InChI=1S/C47H40N2/c1-47(2)44-29-28-42(33-43(44)46-45(47)19-12-30-48-46)49(40-17-10-5-11-18-40)41-26-24-38(25-27-41)37-22-20-35(21-23-37)32-39(36-15-8-4-9-16-36)31-34-13-6-3-7-14-34/h3-30,33,39H,31-32H2,1-2H3. The molecule has 1 aliphatic carbocycles. The second-order valence-electron chi connectivity index (χ2n) is 13.7. The second kappa shape index (κ2) is 13.1. The lowest BCUT2D eigenvalue weighted by molar-refractivity contribution is 0.659. The van der Waals surface area contributed by atoms with E-state index in [2.05, 4.69) is 183 Å². The van der Waals surface area contributed by atoms with Gasteiger partial charge in [-0.1, -0.05) is 141 Å². The summed E-state index contributed by atoms with van der Waals surface area (Å²) in [4.78, 5) is 7.17.